The molecular weight excluding hydrogens is 594 g/mol. The zero-order valence-electron chi connectivity index (χ0n) is 22.0. The first-order valence-corrected chi connectivity index (χ1v) is 15.4. The molecule has 5 nitrogen and oxygen atoms in total. The van der Waals surface area contributed by atoms with Crippen LogP contribution in [0.4, 0.5) is 32.2 Å². The molecule has 2 aromatic heterocycles. The third-order valence-electron chi connectivity index (χ3n) is 6.68. The Bertz CT molecular complexity index is 1340. The number of aryl methyl sites for hydroxylation is 1. The van der Waals surface area contributed by atoms with Crippen LogP contribution in [0.25, 0.3) is 11.0 Å². The molecule has 208 valence electrons. The smallest absolute Gasteiger partial charge is 0.410 e. The molecule has 3 aromatic rings. The molecule has 0 aliphatic carbocycles. The van der Waals surface area contributed by atoms with Gasteiger partial charge in [0.1, 0.15) is 24.1 Å². The average Bonchev–Trinajstić information content (AvgIpc) is 2.76. The van der Waals surface area contributed by atoms with E-state index in [-0.39, 0.29) is 37.8 Å². The number of fused-ring (bicyclic) bond motifs is 1. The van der Waals surface area contributed by atoms with Crippen molar-refractivity contribution in [2.24, 2.45) is 0 Å². The lowest BCUT2D eigenvalue weighted by Gasteiger charge is -2.37. The number of anilines is 1. The summed E-state index contributed by atoms with van der Waals surface area (Å²) >= 11 is 2.88. The Morgan fingerprint density at radius 3 is 2.26 bits per heavy atom. The first-order chi connectivity index (χ1) is 17.2. The molecule has 0 fully saturated rings. The molecule has 1 N–H and O–H groups in total. The summed E-state index contributed by atoms with van der Waals surface area (Å²) in [4.78, 5) is 11.8. The summed E-state index contributed by atoms with van der Waals surface area (Å²) in [5.74, 6) is -4.49. The Balaban J connectivity index is 1.95. The van der Waals surface area contributed by atoms with Gasteiger partial charge in [-0.25, -0.2) is 19.3 Å². The zero-order valence-corrected chi connectivity index (χ0v) is 24.6. The van der Waals surface area contributed by atoms with E-state index >= 15 is 13.2 Å². The zero-order chi connectivity index (χ0) is 28.8. The highest BCUT2D eigenvalue weighted by Gasteiger charge is 2.43. The van der Waals surface area contributed by atoms with Gasteiger partial charge in [0.05, 0.1) is 17.0 Å². The maximum absolute atomic E-state index is 15.5. The SMILES string of the molecule is Cc1nc(NC(C)c2cccc(C(F)(F)CO[Si](C)(C)C(C)(C)C)c2F)c2cc(Br)c(C(F)(F)F)nc2n1. The van der Waals surface area contributed by atoms with Gasteiger partial charge in [0.25, 0.3) is 5.92 Å². The van der Waals surface area contributed by atoms with Gasteiger partial charge < -0.3 is 9.74 Å². The predicted molar refractivity (Wildman–Crippen MR) is 140 cm³/mol. The van der Waals surface area contributed by atoms with Gasteiger partial charge >= 0.3 is 6.18 Å². The van der Waals surface area contributed by atoms with Gasteiger partial charge in [0.15, 0.2) is 19.7 Å². The minimum absolute atomic E-state index is 0.0714. The van der Waals surface area contributed by atoms with Gasteiger partial charge in [0, 0.05) is 10.0 Å². The molecule has 1 unspecified atom stereocenters. The number of nitrogens with one attached hydrogen (secondary N) is 1. The lowest BCUT2D eigenvalue weighted by atomic mass is 10.0. The molecule has 0 spiro atoms. The summed E-state index contributed by atoms with van der Waals surface area (Å²) in [5, 5.41) is 2.77. The summed E-state index contributed by atoms with van der Waals surface area (Å²) < 4.78 is 91.0. The topological polar surface area (TPSA) is 59.9 Å². The monoisotopic (exact) mass is 622 g/mol. The number of benzene rings is 1. The second-order valence-electron chi connectivity index (χ2n) is 10.6. The Kier molecular flexibility index (Phi) is 8.27. The van der Waals surface area contributed by atoms with E-state index in [4.69, 9.17) is 4.43 Å². The van der Waals surface area contributed by atoms with Crippen molar-refractivity contribution in [1.29, 1.82) is 0 Å². The van der Waals surface area contributed by atoms with E-state index in [0.29, 0.717) is 0 Å². The molecule has 0 aliphatic heterocycles. The van der Waals surface area contributed by atoms with Crippen molar-refractivity contribution in [3.8, 4) is 0 Å². The first-order valence-electron chi connectivity index (χ1n) is 11.7. The van der Waals surface area contributed by atoms with E-state index in [2.05, 4.69) is 36.2 Å². The van der Waals surface area contributed by atoms with Crippen molar-refractivity contribution in [3.05, 3.63) is 57.2 Å². The van der Waals surface area contributed by atoms with E-state index in [1.165, 1.54) is 32.0 Å². The molecule has 0 saturated heterocycles. The number of nitrogens with zero attached hydrogens (tertiary/aromatic N) is 3. The molecule has 0 aliphatic rings. The Morgan fingerprint density at radius 1 is 1.05 bits per heavy atom. The lowest BCUT2D eigenvalue weighted by Crippen LogP contribution is -2.43. The maximum Gasteiger partial charge on any atom is 0.434 e. The summed E-state index contributed by atoms with van der Waals surface area (Å²) in [6.07, 6.45) is -4.71. The van der Waals surface area contributed by atoms with E-state index in [0.717, 1.165) is 6.07 Å². The maximum atomic E-state index is 15.5. The number of halogens is 7. The van der Waals surface area contributed by atoms with Crippen LogP contribution in [0.5, 0.6) is 0 Å². The lowest BCUT2D eigenvalue weighted by molar-refractivity contribution is -0.141. The van der Waals surface area contributed by atoms with Gasteiger partial charge in [-0.1, -0.05) is 32.9 Å². The highest BCUT2D eigenvalue weighted by Crippen LogP contribution is 2.41. The van der Waals surface area contributed by atoms with Gasteiger partial charge in [-0.2, -0.15) is 22.0 Å². The quantitative estimate of drug-likeness (QED) is 0.211. The van der Waals surface area contributed by atoms with Crippen LogP contribution in [0.3, 0.4) is 0 Å². The predicted octanol–water partition coefficient (Wildman–Crippen LogP) is 8.54. The second-order valence-corrected chi connectivity index (χ2v) is 16.3. The summed E-state index contributed by atoms with van der Waals surface area (Å²) in [5.41, 5.74) is -2.24. The van der Waals surface area contributed by atoms with E-state index in [1.807, 2.05) is 33.9 Å². The van der Waals surface area contributed by atoms with E-state index < -0.39 is 50.1 Å². The first kappa shape index (κ1) is 30.3. The highest BCUT2D eigenvalue weighted by atomic mass is 79.9. The van der Waals surface area contributed by atoms with Crippen LogP contribution in [0.2, 0.25) is 18.1 Å². The Morgan fingerprint density at radius 2 is 1.68 bits per heavy atom. The molecule has 1 aromatic carbocycles. The van der Waals surface area contributed by atoms with Crippen LogP contribution in [0, 0.1) is 12.7 Å². The van der Waals surface area contributed by atoms with Gasteiger partial charge in [-0.3, -0.25) is 0 Å². The number of pyridine rings is 1. The molecule has 0 saturated carbocycles. The van der Waals surface area contributed by atoms with Crippen molar-refractivity contribution < 1.29 is 30.8 Å². The van der Waals surface area contributed by atoms with Gasteiger partial charge in [0.2, 0.25) is 0 Å². The minimum atomic E-state index is -4.71. The van der Waals surface area contributed by atoms with Crippen molar-refractivity contribution in [1.82, 2.24) is 15.0 Å². The van der Waals surface area contributed by atoms with Gasteiger partial charge in [-0.15, -0.1) is 0 Å². The fraction of sp³-hybridized carbons (Fsp3) is 0.480. The fourth-order valence-corrected chi connectivity index (χ4v) is 4.98. The van der Waals surface area contributed by atoms with Crippen LogP contribution in [-0.2, 0) is 16.5 Å². The third-order valence-corrected chi connectivity index (χ3v) is 11.8. The van der Waals surface area contributed by atoms with E-state index in [9.17, 15) is 13.2 Å². The van der Waals surface area contributed by atoms with Crippen LogP contribution >= 0.6 is 15.9 Å². The van der Waals surface area contributed by atoms with Crippen molar-refractivity contribution in [3.63, 3.8) is 0 Å². The molecule has 38 heavy (non-hydrogen) atoms. The summed E-state index contributed by atoms with van der Waals surface area (Å²) in [6.45, 7) is 11.5. The molecule has 13 heteroatoms. The van der Waals surface area contributed by atoms with Crippen molar-refractivity contribution >= 4 is 41.1 Å². The second kappa shape index (κ2) is 10.4. The minimum Gasteiger partial charge on any atom is -0.410 e. The van der Waals surface area contributed by atoms with Crippen LogP contribution in [0.15, 0.2) is 28.7 Å². The standard InChI is InChI=1S/C25H29BrF6N4OSi/c1-13(33-21-16-11-18(26)20(25(30,31)32)36-22(16)35-14(2)34-21)15-9-8-10-17(19(15)27)24(28,29)12-37-38(6,7)23(3,4)5/h8-11,13H,12H2,1-7H3,(H,33,34,35,36). The van der Waals surface area contributed by atoms with Crippen LogP contribution in [0.1, 0.15) is 56.4 Å². The Hall–Kier alpha value is -2.25. The normalized spacial score (nSPS) is 14.2. The molecule has 0 radical (unpaired) electrons. The number of rotatable bonds is 7. The van der Waals surface area contributed by atoms with Crippen molar-refractivity contribution in [2.45, 2.75) is 70.9 Å². The number of hydrogen-bond donors (Lipinski definition) is 1. The largest absolute Gasteiger partial charge is 0.434 e. The average molecular weight is 624 g/mol. The summed E-state index contributed by atoms with van der Waals surface area (Å²) in [7, 11) is -2.51. The molecule has 0 amide bonds. The highest BCUT2D eigenvalue weighted by molar-refractivity contribution is 9.10. The van der Waals surface area contributed by atoms with Crippen LogP contribution < -0.4 is 5.32 Å². The summed E-state index contributed by atoms with van der Waals surface area (Å²) in [6, 6.07) is 3.98. The molecule has 3 rings (SSSR count). The van der Waals surface area contributed by atoms with Crippen molar-refractivity contribution in [2.75, 3.05) is 11.9 Å². The van der Waals surface area contributed by atoms with Gasteiger partial charge in [-0.05, 0) is 60.0 Å². The molecule has 0 bridgehead atoms. The third kappa shape index (κ3) is 6.31. The number of hydrogen-bond acceptors (Lipinski definition) is 5. The molecule has 1 atom stereocenters. The number of aromatic nitrogens is 3. The number of alkyl halides is 5. The Labute approximate surface area is 226 Å². The fourth-order valence-electron chi connectivity index (χ4n) is 3.46. The van der Waals surface area contributed by atoms with Crippen LogP contribution in [-0.4, -0.2) is 29.9 Å². The molecular formula is C25H29BrF6N4OSi. The molecule has 2 heterocycles. The van der Waals surface area contributed by atoms with E-state index in [1.54, 1.807) is 0 Å².